The molecule has 0 bridgehead atoms. The number of nitrogens with one attached hydrogen (secondary N) is 1. The van der Waals surface area contributed by atoms with Gasteiger partial charge in [0.05, 0.1) is 0 Å². The van der Waals surface area contributed by atoms with Crippen molar-refractivity contribution in [3.8, 4) is 0 Å². The molecule has 1 rings (SSSR count). The van der Waals surface area contributed by atoms with Gasteiger partial charge >= 0.3 is 0 Å². The van der Waals surface area contributed by atoms with Crippen molar-refractivity contribution in [2.24, 2.45) is 0 Å². The van der Waals surface area contributed by atoms with Crippen molar-refractivity contribution in [2.45, 2.75) is 13.0 Å². The van der Waals surface area contributed by atoms with Gasteiger partial charge in [0.1, 0.15) is 11.6 Å². The van der Waals surface area contributed by atoms with Crippen LogP contribution in [0.25, 0.3) is 0 Å². The van der Waals surface area contributed by atoms with Crippen LogP contribution in [0, 0.1) is 11.6 Å². The molecule has 0 aliphatic rings. The Morgan fingerprint density at radius 2 is 1.82 bits per heavy atom. The topological polar surface area (TPSA) is 32.3 Å². The fourth-order valence-electron chi connectivity index (χ4n) is 1.36. The first-order valence-electron chi connectivity index (χ1n) is 5.35. The number of carbonyl (C=O) groups is 1. The summed E-state index contributed by atoms with van der Waals surface area (Å²) in [5, 5.41) is 2.96. The molecule has 94 valence electrons. The van der Waals surface area contributed by atoms with Crippen LogP contribution in [0.3, 0.4) is 0 Å². The van der Waals surface area contributed by atoms with Crippen molar-refractivity contribution >= 4 is 5.91 Å². The van der Waals surface area contributed by atoms with E-state index >= 15 is 0 Å². The highest BCUT2D eigenvalue weighted by atomic mass is 19.1. The lowest BCUT2D eigenvalue weighted by Gasteiger charge is -2.10. The van der Waals surface area contributed by atoms with E-state index in [2.05, 4.69) is 5.32 Å². The fourth-order valence-corrected chi connectivity index (χ4v) is 1.36. The lowest BCUT2D eigenvalue weighted by Crippen LogP contribution is -2.26. The number of halogens is 2. The lowest BCUT2D eigenvalue weighted by atomic mass is 10.2. The lowest BCUT2D eigenvalue weighted by molar-refractivity contribution is -0.128. The first-order valence-corrected chi connectivity index (χ1v) is 5.35. The third kappa shape index (κ3) is 4.91. The smallest absolute Gasteiger partial charge is 0.223 e. The van der Waals surface area contributed by atoms with Gasteiger partial charge in [-0.15, -0.1) is 0 Å². The zero-order valence-electron chi connectivity index (χ0n) is 9.96. The molecule has 0 aliphatic heterocycles. The van der Waals surface area contributed by atoms with Crippen molar-refractivity contribution in [3.05, 3.63) is 35.4 Å². The van der Waals surface area contributed by atoms with Crippen LogP contribution in [0.5, 0.6) is 0 Å². The zero-order chi connectivity index (χ0) is 12.8. The number of rotatable bonds is 5. The van der Waals surface area contributed by atoms with E-state index in [4.69, 9.17) is 0 Å². The van der Waals surface area contributed by atoms with E-state index in [9.17, 15) is 13.6 Å². The molecule has 0 unspecified atom stereocenters. The molecular formula is C12H16F2N2O. The van der Waals surface area contributed by atoms with E-state index < -0.39 is 11.6 Å². The second-order valence-electron chi connectivity index (χ2n) is 3.99. The Morgan fingerprint density at radius 1 is 1.24 bits per heavy atom. The van der Waals surface area contributed by atoms with E-state index in [0.717, 1.165) is 6.07 Å². The highest BCUT2D eigenvalue weighted by Gasteiger charge is 2.03. The van der Waals surface area contributed by atoms with Crippen molar-refractivity contribution in [1.29, 1.82) is 0 Å². The highest BCUT2D eigenvalue weighted by molar-refractivity contribution is 5.75. The van der Waals surface area contributed by atoms with Crippen LogP contribution in [-0.2, 0) is 11.3 Å². The summed E-state index contributed by atoms with van der Waals surface area (Å²) in [4.78, 5) is 12.7. The molecule has 1 N–H and O–H groups in total. The predicted octanol–water partition coefficient (Wildman–Crippen LogP) is 1.53. The fraction of sp³-hybridized carbons (Fsp3) is 0.417. The quantitative estimate of drug-likeness (QED) is 0.794. The standard InChI is InChI=1S/C12H16F2N2O/c1-16(2)12(17)3-4-15-8-9-5-10(13)7-11(14)6-9/h5-7,15H,3-4,8H2,1-2H3. The summed E-state index contributed by atoms with van der Waals surface area (Å²) in [7, 11) is 3.37. The van der Waals surface area contributed by atoms with Gasteiger partial charge in [0.2, 0.25) is 5.91 Å². The van der Waals surface area contributed by atoms with Gasteiger partial charge in [-0.3, -0.25) is 4.79 Å². The summed E-state index contributed by atoms with van der Waals surface area (Å²) < 4.78 is 25.7. The molecule has 0 heterocycles. The number of hydrogen-bond acceptors (Lipinski definition) is 2. The molecule has 1 amide bonds. The molecule has 0 saturated carbocycles. The number of benzene rings is 1. The zero-order valence-corrected chi connectivity index (χ0v) is 9.96. The maximum absolute atomic E-state index is 12.8. The van der Waals surface area contributed by atoms with Gasteiger partial charge in [-0.1, -0.05) is 0 Å². The minimum atomic E-state index is -0.592. The first-order chi connectivity index (χ1) is 7.99. The van der Waals surface area contributed by atoms with Crippen LogP contribution >= 0.6 is 0 Å². The van der Waals surface area contributed by atoms with E-state index in [1.165, 1.54) is 17.0 Å². The van der Waals surface area contributed by atoms with Gasteiger partial charge < -0.3 is 10.2 Å². The van der Waals surface area contributed by atoms with E-state index in [1.807, 2.05) is 0 Å². The molecule has 0 radical (unpaired) electrons. The van der Waals surface area contributed by atoms with Crippen LogP contribution < -0.4 is 5.32 Å². The van der Waals surface area contributed by atoms with Gasteiger partial charge in [0.15, 0.2) is 0 Å². The Hall–Kier alpha value is -1.49. The van der Waals surface area contributed by atoms with Crippen LogP contribution in [0.15, 0.2) is 18.2 Å². The Labute approximate surface area is 99.4 Å². The summed E-state index contributed by atoms with van der Waals surface area (Å²) in [5.41, 5.74) is 0.528. The molecule has 0 spiro atoms. The SMILES string of the molecule is CN(C)C(=O)CCNCc1cc(F)cc(F)c1. The molecule has 17 heavy (non-hydrogen) atoms. The maximum Gasteiger partial charge on any atom is 0.223 e. The van der Waals surface area contributed by atoms with Crippen LogP contribution in [-0.4, -0.2) is 31.4 Å². The Morgan fingerprint density at radius 3 is 2.35 bits per heavy atom. The number of amides is 1. The van der Waals surface area contributed by atoms with Crippen LogP contribution in [0.1, 0.15) is 12.0 Å². The second-order valence-corrected chi connectivity index (χ2v) is 3.99. The minimum Gasteiger partial charge on any atom is -0.349 e. The second kappa shape index (κ2) is 6.30. The molecule has 0 aromatic heterocycles. The molecule has 0 atom stereocenters. The van der Waals surface area contributed by atoms with Gasteiger partial charge in [0, 0.05) is 39.7 Å². The maximum atomic E-state index is 12.8. The Kier molecular flexibility index (Phi) is 5.03. The molecular weight excluding hydrogens is 226 g/mol. The van der Waals surface area contributed by atoms with Crippen molar-refractivity contribution in [2.75, 3.05) is 20.6 Å². The number of hydrogen-bond donors (Lipinski definition) is 1. The summed E-state index contributed by atoms with van der Waals surface area (Å²) in [5.74, 6) is -1.17. The third-order valence-electron chi connectivity index (χ3n) is 2.27. The van der Waals surface area contributed by atoms with Crippen LogP contribution in [0.4, 0.5) is 8.78 Å². The monoisotopic (exact) mass is 242 g/mol. The number of nitrogens with zero attached hydrogens (tertiary/aromatic N) is 1. The summed E-state index contributed by atoms with van der Waals surface area (Å²) in [6.45, 7) is 0.824. The number of carbonyl (C=O) groups excluding carboxylic acids is 1. The van der Waals surface area contributed by atoms with Crippen molar-refractivity contribution < 1.29 is 13.6 Å². The highest BCUT2D eigenvalue weighted by Crippen LogP contribution is 2.07. The molecule has 1 aromatic carbocycles. The van der Waals surface area contributed by atoms with Gasteiger partial charge in [-0.05, 0) is 17.7 Å². The summed E-state index contributed by atoms with van der Waals surface area (Å²) in [6.07, 6.45) is 0.366. The third-order valence-corrected chi connectivity index (χ3v) is 2.27. The van der Waals surface area contributed by atoms with Gasteiger partial charge in [-0.2, -0.15) is 0 Å². The molecule has 0 aliphatic carbocycles. The first kappa shape index (κ1) is 13.6. The normalized spacial score (nSPS) is 10.4. The molecule has 1 aromatic rings. The van der Waals surface area contributed by atoms with Crippen LogP contribution in [0.2, 0.25) is 0 Å². The average Bonchev–Trinajstić information content (AvgIpc) is 2.22. The van der Waals surface area contributed by atoms with E-state index in [0.29, 0.717) is 25.1 Å². The van der Waals surface area contributed by atoms with Crippen molar-refractivity contribution in [3.63, 3.8) is 0 Å². The Bertz CT molecular complexity index is 374. The molecule has 0 fully saturated rings. The van der Waals surface area contributed by atoms with Crippen molar-refractivity contribution in [1.82, 2.24) is 10.2 Å². The average molecular weight is 242 g/mol. The minimum absolute atomic E-state index is 0.0166. The van der Waals surface area contributed by atoms with Gasteiger partial charge in [-0.25, -0.2) is 8.78 Å². The van der Waals surface area contributed by atoms with Gasteiger partial charge in [0.25, 0.3) is 0 Å². The molecule has 0 saturated heterocycles. The predicted molar refractivity (Wildman–Crippen MR) is 61.4 cm³/mol. The summed E-state index contributed by atoms with van der Waals surface area (Å²) in [6, 6.07) is 3.37. The molecule has 5 heteroatoms. The van der Waals surface area contributed by atoms with E-state index in [-0.39, 0.29) is 5.91 Å². The Balaban J connectivity index is 2.33. The van der Waals surface area contributed by atoms with E-state index in [1.54, 1.807) is 14.1 Å². The molecule has 3 nitrogen and oxygen atoms in total. The summed E-state index contributed by atoms with van der Waals surface area (Å²) >= 11 is 0. The largest absolute Gasteiger partial charge is 0.349 e.